The molecular formula is C25H33NSi. The summed E-state index contributed by atoms with van der Waals surface area (Å²) in [6.07, 6.45) is 12.1. The fourth-order valence-electron chi connectivity index (χ4n) is 3.96. The summed E-state index contributed by atoms with van der Waals surface area (Å²) in [4.78, 5) is 0. The standard InChI is InChI=1S/C25H33NSi/c1-18-13-14-19-11-9-10-12-21(19)24(18)22-15-20(16-25(2,3)4)23(17-26(22)5)27(6,7)8/h9-15,17H,5,16H2,1-4,6-8H3. The van der Waals surface area contributed by atoms with E-state index in [2.05, 4.69) is 107 Å². The minimum Gasteiger partial charge on any atom is -0.174 e. The van der Waals surface area contributed by atoms with Crippen LogP contribution in [0.5, 0.6) is 0 Å². The van der Waals surface area contributed by atoms with Crippen LogP contribution in [0.1, 0.15) is 37.5 Å². The van der Waals surface area contributed by atoms with Gasteiger partial charge in [-0.3, -0.25) is 0 Å². The number of hydrogen-bond acceptors (Lipinski definition) is 0. The van der Waals surface area contributed by atoms with Crippen LogP contribution in [0, 0.1) is 36.0 Å². The Kier molecular flexibility index (Phi) is 4.98. The van der Waals surface area contributed by atoms with Crippen molar-refractivity contribution in [3.63, 3.8) is 0 Å². The first-order valence-electron chi connectivity index (χ1n) is 9.86. The molecule has 0 fully saturated rings. The summed E-state index contributed by atoms with van der Waals surface area (Å²) in [6.45, 7) is 20.9. The highest BCUT2D eigenvalue weighted by atomic mass is 28.3. The van der Waals surface area contributed by atoms with Gasteiger partial charge in [-0.15, -0.1) is 42.3 Å². The summed E-state index contributed by atoms with van der Waals surface area (Å²) in [6, 6.07) is 6.86. The van der Waals surface area contributed by atoms with Gasteiger partial charge in [0.1, 0.15) is 6.72 Å². The van der Waals surface area contributed by atoms with Crippen molar-refractivity contribution in [3.05, 3.63) is 82.2 Å². The first-order valence-corrected chi connectivity index (χ1v) is 13.4. The normalized spacial score (nSPS) is 15.1. The minimum atomic E-state index is -1.46. The predicted molar refractivity (Wildman–Crippen MR) is 119 cm³/mol. The maximum atomic E-state index is 4.40. The number of allylic oxidation sites excluding steroid dienone is 2. The molecule has 0 aliphatic heterocycles. The van der Waals surface area contributed by atoms with E-state index >= 15 is 0 Å². The first-order chi connectivity index (χ1) is 12.5. The molecule has 142 valence electrons. The third-order valence-electron chi connectivity index (χ3n) is 5.17. The number of fused-ring (bicyclic) bond motifs is 1. The Morgan fingerprint density at radius 3 is 2.48 bits per heavy atom. The lowest BCUT2D eigenvalue weighted by atomic mass is 9.88. The van der Waals surface area contributed by atoms with Crippen molar-refractivity contribution in [3.8, 4) is 0 Å². The van der Waals surface area contributed by atoms with Crippen molar-refractivity contribution < 1.29 is 4.24 Å². The molecule has 1 aliphatic rings. The van der Waals surface area contributed by atoms with Gasteiger partial charge in [-0.2, -0.15) is 4.24 Å². The van der Waals surface area contributed by atoms with Crippen LogP contribution in [-0.2, 0) is 6.42 Å². The lowest BCUT2D eigenvalue weighted by Gasteiger charge is -2.24. The number of aryl methyl sites for hydroxylation is 1. The molecule has 0 radical (unpaired) electrons. The van der Waals surface area contributed by atoms with Crippen molar-refractivity contribution in [2.75, 3.05) is 0 Å². The third-order valence-corrected chi connectivity index (χ3v) is 7.24. The number of rotatable bonds is 2. The molecule has 0 spiro atoms. The van der Waals surface area contributed by atoms with Gasteiger partial charge in [-0.1, -0.05) is 51.2 Å². The van der Waals surface area contributed by atoms with Gasteiger partial charge in [0.2, 0.25) is 5.35 Å². The molecule has 3 rings (SSSR count). The highest BCUT2D eigenvalue weighted by Gasteiger charge is 2.26. The maximum absolute atomic E-state index is 4.40. The monoisotopic (exact) mass is 375 g/mol. The number of pyridine rings is 1. The summed E-state index contributed by atoms with van der Waals surface area (Å²) >= 11 is 0. The summed E-state index contributed by atoms with van der Waals surface area (Å²) in [5.74, 6) is 0. The molecular weight excluding hydrogens is 342 g/mol. The molecule has 0 unspecified atom stereocenters. The molecule has 1 nitrogen and oxygen atoms in total. The Morgan fingerprint density at radius 1 is 1.15 bits per heavy atom. The molecule has 0 N–H and O–H groups in total. The molecule has 2 aromatic rings. The summed E-state index contributed by atoms with van der Waals surface area (Å²) in [5, 5.41) is 5.34. The van der Waals surface area contributed by atoms with Crippen molar-refractivity contribution in [1.82, 2.24) is 0 Å². The number of nitrogens with zero attached hydrogens (tertiary/aromatic N) is 1. The van der Waals surface area contributed by atoms with Gasteiger partial charge < -0.3 is 0 Å². The second-order valence-corrected chi connectivity index (χ2v) is 15.1. The van der Waals surface area contributed by atoms with Gasteiger partial charge in [-0.25, -0.2) is 0 Å². The molecule has 2 heteroatoms. The van der Waals surface area contributed by atoms with Crippen LogP contribution in [0.4, 0.5) is 0 Å². The van der Waals surface area contributed by atoms with Gasteiger partial charge in [0, 0.05) is 16.5 Å². The van der Waals surface area contributed by atoms with Crippen LogP contribution >= 0.6 is 0 Å². The molecule has 1 aliphatic carbocycles. The SMILES string of the molecule is C=[n+]1cc([Si](C)(C)C)c(CC(C)(C)C)cc1=c1c(C)ccc2c1=CC=C[CH-]2. The van der Waals surface area contributed by atoms with E-state index in [4.69, 9.17) is 0 Å². The molecule has 0 atom stereocenters. The smallest absolute Gasteiger partial charge is 0.174 e. The van der Waals surface area contributed by atoms with E-state index in [1.165, 1.54) is 37.7 Å². The van der Waals surface area contributed by atoms with Crippen molar-refractivity contribution in [1.29, 1.82) is 0 Å². The zero-order valence-electron chi connectivity index (χ0n) is 18.0. The van der Waals surface area contributed by atoms with Gasteiger partial charge in [0.25, 0.3) is 0 Å². The van der Waals surface area contributed by atoms with Gasteiger partial charge in [0.15, 0.2) is 6.20 Å². The van der Waals surface area contributed by atoms with Gasteiger partial charge >= 0.3 is 0 Å². The quantitative estimate of drug-likeness (QED) is 0.421. The number of benzene rings is 1. The summed E-state index contributed by atoms with van der Waals surface area (Å²) < 4.78 is 2.11. The molecule has 0 saturated heterocycles. The van der Waals surface area contributed by atoms with E-state index < -0.39 is 8.07 Å². The first kappa shape index (κ1) is 19.7. The van der Waals surface area contributed by atoms with Crippen molar-refractivity contribution >= 4 is 19.3 Å². The van der Waals surface area contributed by atoms with Gasteiger partial charge in [0.05, 0.1) is 8.07 Å². The second kappa shape index (κ2) is 6.83. The summed E-state index contributed by atoms with van der Waals surface area (Å²) in [7, 11) is -1.46. The van der Waals surface area contributed by atoms with E-state index in [0.29, 0.717) is 0 Å². The Balaban J connectivity index is 2.51. The zero-order chi connectivity index (χ0) is 20.0. The topological polar surface area (TPSA) is 5.90 Å². The fourth-order valence-corrected chi connectivity index (χ4v) is 5.63. The van der Waals surface area contributed by atoms with E-state index in [-0.39, 0.29) is 5.41 Å². The Hall–Kier alpha value is -2.06. The molecule has 1 heterocycles. The molecule has 0 saturated carbocycles. The van der Waals surface area contributed by atoms with Crippen LogP contribution in [0.25, 0.3) is 6.08 Å². The van der Waals surface area contributed by atoms with E-state index in [9.17, 15) is 0 Å². The van der Waals surface area contributed by atoms with Crippen LogP contribution < -0.4 is 14.6 Å². The van der Waals surface area contributed by atoms with Crippen molar-refractivity contribution in [2.45, 2.75) is 53.8 Å². The minimum absolute atomic E-state index is 0.257. The lowest BCUT2D eigenvalue weighted by Crippen LogP contribution is -2.44. The van der Waals surface area contributed by atoms with Crippen molar-refractivity contribution in [2.24, 2.45) is 5.41 Å². The Labute approximate surface area is 165 Å². The Bertz CT molecular complexity index is 1110. The largest absolute Gasteiger partial charge is 0.209 e. The average Bonchev–Trinajstić information content (AvgIpc) is 2.54. The molecule has 27 heavy (non-hydrogen) atoms. The van der Waals surface area contributed by atoms with Crippen LogP contribution in [0.3, 0.4) is 0 Å². The number of hydrogen-bond donors (Lipinski definition) is 0. The van der Waals surface area contributed by atoms with Gasteiger partial charge in [-0.05, 0) is 24.3 Å². The number of aromatic nitrogens is 1. The fraction of sp³-hybridized carbons (Fsp3) is 0.360. The summed E-state index contributed by atoms with van der Waals surface area (Å²) in [5.41, 5.74) is 4.33. The average molecular weight is 376 g/mol. The van der Waals surface area contributed by atoms with E-state index in [0.717, 1.165) is 6.42 Å². The molecule has 1 aromatic heterocycles. The molecule has 0 bridgehead atoms. The predicted octanol–water partition coefficient (Wildman–Crippen LogP) is 4.25. The van der Waals surface area contributed by atoms with E-state index in [1.54, 1.807) is 0 Å². The molecule has 1 aromatic carbocycles. The van der Waals surface area contributed by atoms with Crippen LogP contribution in [0.2, 0.25) is 19.6 Å². The lowest BCUT2D eigenvalue weighted by molar-refractivity contribution is -0.509. The highest BCUT2D eigenvalue weighted by Crippen LogP contribution is 2.21. The van der Waals surface area contributed by atoms with Crippen LogP contribution in [0.15, 0.2) is 36.5 Å². The maximum Gasteiger partial charge on any atom is 0.209 e. The second-order valence-electron chi connectivity index (χ2n) is 10.0. The highest BCUT2D eigenvalue weighted by molar-refractivity contribution is 6.88. The molecule has 0 amide bonds. The third kappa shape index (κ3) is 4.11. The van der Waals surface area contributed by atoms with E-state index in [1.807, 2.05) is 0 Å². The zero-order valence-corrected chi connectivity index (χ0v) is 19.0. The van der Waals surface area contributed by atoms with Crippen LogP contribution in [-0.4, -0.2) is 8.07 Å². The Morgan fingerprint density at radius 2 is 1.85 bits per heavy atom.